The van der Waals surface area contributed by atoms with Crippen LogP contribution in [0.25, 0.3) is 10.8 Å². The number of carbonyl (C=O) groups is 2. The van der Waals surface area contributed by atoms with Gasteiger partial charge in [0, 0.05) is 31.1 Å². The van der Waals surface area contributed by atoms with E-state index in [0.717, 1.165) is 21.9 Å². The minimum atomic E-state index is -0.0275. The molecule has 28 heavy (non-hydrogen) atoms. The van der Waals surface area contributed by atoms with Gasteiger partial charge < -0.3 is 10.2 Å². The van der Waals surface area contributed by atoms with Crippen LogP contribution in [0.15, 0.2) is 72.8 Å². The molecule has 0 spiro atoms. The highest BCUT2D eigenvalue weighted by Crippen LogP contribution is 2.23. The molecule has 0 unspecified atom stereocenters. The van der Waals surface area contributed by atoms with Crippen LogP contribution < -0.4 is 5.32 Å². The van der Waals surface area contributed by atoms with Crippen molar-refractivity contribution in [3.8, 4) is 0 Å². The lowest BCUT2D eigenvalue weighted by Crippen LogP contribution is -2.43. The molecule has 4 nitrogen and oxygen atoms in total. The predicted molar refractivity (Wildman–Crippen MR) is 111 cm³/mol. The van der Waals surface area contributed by atoms with Gasteiger partial charge in [-0.1, -0.05) is 66.7 Å². The summed E-state index contributed by atoms with van der Waals surface area (Å²) < 4.78 is 0. The number of amides is 2. The van der Waals surface area contributed by atoms with Gasteiger partial charge in [-0.05, 0) is 35.2 Å². The number of hydrogen-bond acceptors (Lipinski definition) is 2. The van der Waals surface area contributed by atoms with E-state index in [1.807, 2.05) is 77.7 Å². The van der Waals surface area contributed by atoms with E-state index < -0.39 is 0 Å². The van der Waals surface area contributed by atoms with Gasteiger partial charge in [-0.2, -0.15) is 0 Å². The molecule has 2 amide bonds. The second-order valence-corrected chi connectivity index (χ2v) is 7.30. The molecule has 0 aromatic heterocycles. The zero-order valence-electron chi connectivity index (χ0n) is 15.8. The molecule has 0 aliphatic carbocycles. The van der Waals surface area contributed by atoms with Crippen molar-refractivity contribution in [3.05, 3.63) is 83.9 Å². The number of carbonyl (C=O) groups excluding carboxylic acids is 2. The lowest BCUT2D eigenvalue weighted by molar-refractivity contribution is -0.126. The van der Waals surface area contributed by atoms with Crippen molar-refractivity contribution >= 4 is 22.6 Å². The van der Waals surface area contributed by atoms with E-state index in [2.05, 4.69) is 5.32 Å². The Morgan fingerprint density at radius 3 is 2.32 bits per heavy atom. The van der Waals surface area contributed by atoms with Crippen molar-refractivity contribution in [2.24, 2.45) is 5.92 Å². The number of hydrogen-bond donors (Lipinski definition) is 1. The first-order chi connectivity index (χ1) is 13.7. The van der Waals surface area contributed by atoms with Gasteiger partial charge in [-0.15, -0.1) is 0 Å². The predicted octanol–water partition coefficient (Wildman–Crippen LogP) is 4.01. The van der Waals surface area contributed by atoms with E-state index in [1.165, 1.54) is 0 Å². The van der Waals surface area contributed by atoms with Crippen LogP contribution in [-0.2, 0) is 11.3 Å². The Hall–Kier alpha value is -3.14. The maximum absolute atomic E-state index is 13.0. The van der Waals surface area contributed by atoms with Gasteiger partial charge in [-0.25, -0.2) is 0 Å². The minimum absolute atomic E-state index is 0.0275. The fourth-order valence-corrected chi connectivity index (χ4v) is 3.86. The number of piperidine rings is 1. The first kappa shape index (κ1) is 18.2. The summed E-state index contributed by atoms with van der Waals surface area (Å²) in [4.78, 5) is 27.4. The van der Waals surface area contributed by atoms with Crippen molar-refractivity contribution in [2.75, 3.05) is 13.1 Å². The Labute approximate surface area is 165 Å². The second-order valence-electron chi connectivity index (χ2n) is 7.30. The van der Waals surface area contributed by atoms with Crippen LogP contribution in [0, 0.1) is 5.92 Å². The molecule has 1 saturated heterocycles. The van der Waals surface area contributed by atoms with Crippen LogP contribution in [0.1, 0.15) is 28.8 Å². The summed E-state index contributed by atoms with van der Waals surface area (Å²) in [7, 11) is 0. The van der Waals surface area contributed by atoms with Gasteiger partial charge in [0.2, 0.25) is 5.91 Å². The standard InChI is InChI=1S/C24H24N2O2/c27-23(25-17-18-7-2-1-3-8-18)20-13-15-26(16-14-20)24(28)22-12-6-10-19-9-4-5-11-21(19)22/h1-12,20H,13-17H2,(H,25,27). The van der Waals surface area contributed by atoms with E-state index in [9.17, 15) is 9.59 Å². The topological polar surface area (TPSA) is 49.4 Å². The molecule has 3 aromatic carbocycles. The smallest absolute Gasteiger partial charge is 0.254 e. The van der Waals surface area contributed by atoms with E-state index in [1.54, 1.807) is 0 Å². The fourth-order valence-electron chi connectivity index (χ4n) is 3.86. The summed E-state index contributed by atoms with van der Waals surface area (Å²) in [5, 5.41) is 5.08. The highest BCUT2D eigenvalue weighted by molar-refractivity contribution is 6.07. The molecular formula is C24H24N2O2. The highest BCUT2D eigenvalue weighted by Gasteiger charge is 2.28. The van der Waals surface area contributed by atoms with E-state index in [0.29, 0.717) is 32.5 Å². The average Bonchev–Trinajstić information content (AvgIpc) is 2.77. The maximum atomic E-state index is 13.0. The van der Waals surface area contributed by atoms with Crippen molar-refractivity contribution in [2.45, 2.75) is 19.4 Å². The Morgan fingerprint density at radius 1 is 0.857 bits per heavy atom. The van der Waals surface area contributed by atoms with Crippen LogP contribution in [-0.4, -0.2) is 29.8 Å². The monoisotopic (exact) mass is 372 g/mol. The SMILES string of the molecule is O=C(NCc1ccccc1)C1CCN(C(=O)c2cccc3ccccc23)CC1. The van der Waals surface area contributed by atoms with Crippen molar-refractivity contribution in [1.82, 2.24) is 10.2 Å². The molecule has 4 rings (SSSR count). The van der Waals surface area contributed by atoms with Gasteiger partial charge >= 0.3 is 0 Å². The van der Waals surface area contributed by atoms with Crippen LogP contribution in [0.4, 0.5) is 0 Å². The number of benzene rings is 3. The Bertz CT molecular complexity index is 971. The zero-order chi connectivity index (χ0) is 19.3. The van der Waals surface area contributed by atoms with Gasteiger partial charge in [0.25, 0.3) is 5.91 Å². The molecule has 142 valence electrons. The Kier molecular flexibility index (Phi) is 5.38. The van der Waals surface area contributed by atoms with E-state index >= 15 is 0 Å². The van der Waals surface area contributed by atoms with Crippen LogP contribution in [0.2, 0.25) is 0 Å². The molecule has 1 aliphatic heterocycles. The van der Waals surface area contributed by atoms with Crippen molar-refractivity contribution in [3.63, 3.8) is 0 Å². The Balaban J connectivity index is 1.36. The molecule has 1 heterocycles. The molecule has 0 saturated carbocycles. The van der Waals surface area contributed by atoms with Gasteiger partial charge in [0.05, 0.1) is 0 Å². The summed E-state index contributed by atoms with van der Waals surface area (Å²) in [5.74, 6) is 0.112. The molecule has 4 heteroatoms. The summed E-state index contributed by atoms with van der Waals surface area (Å²) in [6.07, 6.45) is 1.41. The minimum Gasteiger partial charge on any atom is -0.352 e. The first-order valence-electron chi connectivity index (χ1n) is 9.81. The average molecular weight is 372 g/mol. The molecule has 3 aromatic rings. The molecule has 1 fully saturated rings. The molecule has 1 N–H and O–H groups in total. The normalized spacial score (nSPS) is 14.8. The second kappa shape index (κ2) is 8.26. The molecule has 0 radical (unpaired) electrons. The highest BCUT2D eigenvalue weighted by atomic mass is 16.2. The largest absolute Gasteiger partial charge is 0.352 e. The van der Waals surface area contributed by atoms with Crippen molar-refractivity contribution in [1.29, 1.82) is 0 Å². The summed E-state index contributed by atoms with van der Waals surface area (Å²) in [6, 6.07) is 23.7. The van der Waals surface area contributed by atoms with E-state index in [-0.39, 0.29) is 17.7 Å². The van der Waals surface area contributed by atoms with Crippen LogP contribution >= 0.6 is 0 Å². The Morgan fingerprint density at radius 2 is 1.54 bits per heavy atom. The van der Waals surface area contributed by atoms with Crippen LogP contribution in [0.5, 0.6) is 0 Å². The van der Waals surface area contributed by atoms with Gasteiger partial charge in [0.15, 0.2) is 0 Å². The van der Waals surface area contributed by atoms with Crippen molar-refractivity contribution < 1.29 is 9.59 Å². The molecule has 1 aliphatic rings. The van der Waals surface area contributed by atoms with Gasteiger partial charge in [-0.3, -0.25) is 9.59 Å². The first-order valence-corrected chi connectivity index (χ1v) is 9.81. The third-order valence-corrected chi connectivity index (χ3v) is 5.48. The lowest BCUT2D eigenvalue weighted by Gasteiger charge is -2.31. The number of nitrogens with zero attached hydrogens (tertiary/aromatic N) is 1. The summed E-state index contributed by atoms with van der Waals surface area (Å²) >= 11 is 0. The summed E-state index contributed by atoms with van der Waals surface area (Å²) in [6.45, 7) is 1.78. The maximum Gasteiger partial charge on any atom is 0.254 e. The number of likely N-dealkylation sites (tertiary alicyclic amines) is 1. The molecule has 0 atom stereocenters. The number of nitrogens with one attached hydrogen (secondary N) is 1. The quantitative estimate of drug-likeness (QED) is 0.752. The molecule has 0 bridgehead atoms. The van der Waals surface area contributed by atoms with Crippen LogP contribution in [0.3, 0.4) is 0 Å². The molecular weight excluding hydrogens is 348 g/mol. The number of rotatable bonds is 4. The van der Waals surface area contributed by atoms with Gasteiger partial charge in [0.1, 0.15) is 0 Å². The number of fused-ring (bicyclic) bond motifs is 1. The summed E-state index contributed by atoms with van der Waals surface area (Å²) in [5.41, 5.74) is 1.84. The fraction of sp³-hybridized carbons (Fsp3) is 0.250. The van der Waals surface area contributed by atoms with E-state index in [4.69, 9.17) is 0 Å². The lowest BCUT2D eigenvalue weighted by atomic mass is 9.94. The third kappa shape index (κ3) is 3.91. The third-order valence-electron chi connectivity index (χ3n) is 5.48. The zero-order valence-corrected chi connectivity index (χ0v) is 15.8.